The minimum Gasteiger partial charge on any atom is -0.367 e. The molecule has 2 fully saturated rings. The summed E-state index contributed by atoms with van der Waals surface area (Å²) in [4.78, 5) is 40.6. The number of Topliss-reactive ketones (excluding diaryl/α,β-unsaturated/α-hetero) is 1. The highest BCUT2D eigenvalue weighted by molar-refractivity contribution is 5.94. The van der Waals surface area contributed by atoms with Gasteiger partial charge in [0, 0.05) is 44.8 Å². The van der Waals surface area contributed by atoms with E-state index in [0.717, 1.165) is 0 Å². The summed E-state index contributed by atoms with van der Waals surface area (Å²) in [5.41, 5.74) is 0.842. The normalized spacial score (nSPS) is 18.6. The summed E-state index contributed by atoms with van der Waals surface area (Å²) in [6.45, 7) is 5.31. The number of hydrogen-bond donors (Lipinski definition) is 1. The molecule has 3 rings (SSSR count). The molecule has 1 aromatic carbocycles. The van der Waals surface area contributed by atoms with Crippen LogP contribution in [0.15, 0.2) is 18.2 Å². The Balaban J connectivity index is 1.53. The maximum Gasteiger partial charge on any atom is 0.239 e. The SMILES string of the molecule is CC(=O)c1ccc(N2CCN(CC(=O)N3CCNC(=O)C3)CC2)c(F)c1. The maximum atomic E-state index is 14.3. The molecule has 0 atom stereocenters. The number of nitrogens with zero attached hydrogens (tertiary/aromatic N) is 3. The van der Waals surface area contributed by atoms with E-state index in [4.69, 9.17) is 0 Å². The van der Waals surface area contributed by atoms with Crippen LogP contribution in [0, 0.1) is 5.82 Å². The van der Waals surface area contributed by atoms with Crippen LogP contribution in [-0.4, -0.2) is 79.8 Å². The summed E-state index contributed by atoms with van der Waals surface area (Å²) in [6.07, 6.45) is 0. The summed E-state index contributed by atoms with van der Waals surface area (Å²) in [7, 11) is 0. The summed E-state index contributed by atoms with van der Waals surface area (Å²) < 4.78 is 14.3. The van der Waals surface area contributed by atoms with Crippen molar-refractivity contribution in [3.05, 3.63) is 29.6 Å². The van der Waals surface area contributed by atoms with Crippen molar-refractivity contribution in [3.63, 3.8) is 0 Å². The van der Waals surface area contributed by atoms with Gasteiger partial charge in [-0.1, -0.05) is 0 Å². The Morgan fingerprint density at radius 2 is 1.88 bits per heavy atom. The average molecular weight is 362 g/mol. The average Bonchev–Trinajstić information content (AvgIpc) is 2.62. The highest BCUT2D eigenvalue weighted by Crippen LogP contribution is 2.22. The number of rotatable bonds is 4. The van der Waals surface area contributed by atoms with Gasteiger partial charge in [0.15, 0.2) is 5.78 Å². The van der Waals surface area contributed by atoms with Crippen LogP contribution < -0.4 is 10.2 Å². The number of amides is 2. The van der Waals surface area contributed by atoms with Gasteiger partial charge in [0.1, 0.15) is 5.82 Å². The van der Waals surface area contributed by atoms with Gasteiger partial charge < -0.3 is 15.1 Å². The smallest absolute Gasteiger partial charge is 0.239 e. The van der Waals surface area contributed by atoms with Crippen molar-refractivity contribution in [2.24, 2.45) is 0 Å². The molecule has 0 unspecified atom stereocenters. The van der Waals surface area contributed by atoms with Crippen molar-refractivity contribution in [1.29, 1.82) is 0 Å². The van der Waals surface area contributed by atoms with Gasteiger partial charge in [-0.25, -0.2) is 4.39 Å². The van der Waals surface area contributed by atoms with E-state index in [-0.39, 0.29) is 30.7 Å². The van der Waals surface area contributed by atoms with Crippen LogP contribution in [0.5, 0.6) is 0 Å². The lowest BCUT2D eigenvalue weighted by Crippen LogP contribution is -2.54. The van der Waals surface area contributed by atoms with Crippen molar-refractivity contribution in [1.82, 2.24) is 15.1 Å². The van der Waals surface area contributed by atoms with E-state index >= 15 is 0 Å². The Morgan fingerprint density at radius 1 is 1.15 bits per heavy atom. The fraction of sp³-hybridized carbons (Fsp3) is 0.500. The Morgan fingerprint density at radius 3 is 2.50 bits per heavy atom. The number of piperazine rings is 2. The van der Waals surface area contributed by atoms with Gasteiger partial charge in [-0.05, 0) is 25.1 Å². The van der Waals surface area contributed by atoms with Crippen molar-refractivity contribution in [3.8, 4) is 0 Å². The van der Waals surface area contributed by atoms with E-state index < -0.39 is 5.82 Å². The fourth-order valence-electron chi connectivity index (χ4n) is 3.27. The molecule has 1 aromatic rings. The van der Waals surface area contributed by atoms with Gasteiger partial charge in [-0.2, -0.15) is 0 Å². The number of ketones is 1. The van der Waals surface area contributed by atoms with Crippen LogP contribution in [-0.2, 0) is 9.59 Å². The number of carbonyl (C=O) groups is 3. The van der Waals surface area contributed by atoms with Gasteiger partial charge >= 0.3 is 0 Å². The lowest BCUT2D eigenvalue weighted by molar-refractivity contribution is -0.139. The lowest BCUT2D eigenvalue weighted by Gasteiger charge is -2.37. The molecule has 0 aliphatic carbocycles. The van der Waals surface area contributed by atoms with Crippen LogP contribution in [0.2, 0.25) is 0 Å². The van der Waals surface area contributed by atoms with Gasteiger partial charge in [-0.3, -0.25) is 19.3 Å². The topological polar surface area (TPSA) is 73.0 Å². The monoisotopic (exact) mass is 362 g/mol. The van der Waals surface area contributed by atoms with E-state index in [9.17, 15) is 18.8 Å². The highest BCUT2D eigenvalue weighted by atomic mass is 19.1. The predicted molar refractivity (Wildman–Crippen MR) is 94.6 cm³/mol. The molecule has 0 aromatic heterocycles. The number of anilines is 1. The molecule has 2 saturated heterocycles. The maximum absolute atomic E-state index is 14.3. The second-order valence-electron chi connectivity index (χ2n) is 6.65. The first kappa shape index (κ1) is 18.3. The van der Waals surface area contributed by atoms with Gasteiger partial charge in [0.2, 0.25) is 11.8 Å². The van der Waals surface area contributed by atoms with Gasteiger partial charge in [0.25, 0.3) is 0 Å². The van der Waals surface area contributed by atoms with E-state index in [1.807, 2.05) is 9.80 Å². The van der Waals surface area contributed by atoms with Crippen LogP contribution in [0.1, 0.15) is 17.3 Å². The third-order valence-corrected chi connectivity index (χ3v) is 4.82. The van der Waals surface area contributed by atoms with E-state index in [1.54, 1.807) is 17.0 Å². The zero-order valence-electron chi connectivity index (χ0n) is 14.8. The van der Waals surface area contributed by atoms with Crippen LogP contribution >= 0.6 is 0 Å². The lowest BCUT2D eigenvalue weighted by atomic mass is 10.1. The number of hydrogen-bond acceptors (Lipinski definition) is 5. The quantitative estimate of drug-likeness (QED) is 0.770. The van der Waals surface area contributed by atoms with Crippen LogP contribution in [0.3, 0.4) is 0 Å². The van der Waals surface area contributed by atoms with Crippen molar-refractivity contribution in [2.45, 2.75) is 6.92 Å². The largest absolute Gasteiger partial charge is 0.367 e. The third kappa shape index (κ3) is 4.19. The minimum atomic E-state index is -0.401. The second-order valence-corrected chi connectivity index (χ2v) is 6.65. The Hall–Kier alpha value is -2.48. The van der Waals surface area contributed by atoms with Crippen LogP contribution in [0.4, 0.5) is 10.1 Å². The molecule has 8 heteroatoms. The molecule has 1 N–H and O–H groups in total. The van der Waals surface area contributed by atoms with Crippen molar-refractivity contribution in [2.75, 3.05) is 57.3 Å². The molecule has 0 bridgehead atoms. The molecular weight excluding hydrogens is 339 g/mol. The molecule has 2 aliphatic heterocycles. The number of benzene rings is 1. The summed E-state index contributed by atoms with van der Waals surface area (Å²) in [5.74, 6) is -0.740. The molecule has 2 amide bonds. The summed E-state index contributed by atoms with van der Waals surface area (Å²) in [5, 5.41) is 2.70. The molecule has 2 heterocycles. The molecule has 2 aliphatic rings. The zero-order valence-corrected chi connectivity index (χ0v) is 14.8. The third-order valence-electron chi connectivity index (χ3n) is 4.82. The number of halogens is 1. The standard InChI is InChI=1S/C18H23FN4O3/c1-13(24)14-2-3-16(15(19)10-14)22-8-6-21(7-9-22)12-18(26)23-5-4-20-17(25)11-23/h2-3,10H,4-9,11-12H2,1H3,(H,20,25). The first-order valence-corrected chi connectivity index (χ1v) is 8.76. The number of nitrogens with one attached hydrogen (secondary N) is 1. The number of carbonyl (C=O) groups excluding carboxylic acids is 3. The van der Waals surface area contributed by atoms with Crippen LogP contribution in [0.25, 0.3) is 0 Å². The fourth-order valence-corrected chi connectivity index (χ4v) is 3.27. The van der Waals surface area contributed by atoms with E-state index in [0.29, 0.717) is 50.5 Å². The molecular formula is C18H23FN4O3. The summed E-state index contributed by atoms with van der Waals surface area (Å²) in [6, 6.07) is 4.55. The second kappa shape index (κ2) is 7.82. The minimum absolute atomic E-state index is 0.0507. The Labute approximate surface area is 151 Å². The molecule has 0 spiro atoms. The molecule has 7 nitrogen and oxygen atoms in total. The first-order chi connectivity index (χ1) is 12.4. The van der Waals surface area contributed by atoms with Crippen molar-refractivity contribution < 1.29 is 18.8 Å². The first-order valence-electron chi connectivity index (χ1n) is 8.76. The Bertz CT molecular complexity index is 716. The van der Waals surface area contributed by atoms with Gasteiger partial charge in [-0.15, -0.1) is 0 Å². The van der Waals surface area contributed by atoms with Gasteiger partial charge in [0.05, 0.1) is 18.8 Å². The molecule has 140 valence electrons. The predicted octanol–water partition coefficient (Wildman–Crippen LogP) is 0.109. The van der Waals surface area contributed by atoms with E-state index in [1.165, 1.54) is 13.0 Å². The van der Waals surface area contributed by atoms with Crippen molar-refractivity contribution >= 4 is 23.3 Å². The van der Waals surface area contributed by atoms with E-state index in [2.05, 4.69) is 5.32 Å². The zero-order chi connectivity index (χ0) is 18.7. The summed E-state index contributed by atoms with van der Waals surface area (Å²) >= 11 is 0. The molecule has 26 heavy (non-hydrogen) atoms. The molecule has 0 radical (unpaired) electrons. The Kier molecular flexibility index (Phi) is 5.51. The highest BCUT2D eigenvalue weighted by Gasteiger charge is 2.25. The molecule has 0 saturated carbocycles.